The van der Waals surface area contributed by atoms with E-state index in [1.165, 1.54) is 0 Å². The monoisotopic (exact) mass is 223 g/mol. The average Bonchev–Trinajstić information content (AvgIpc) is 2.27. The summed E-state index contributed by atoms with van der Waals surface area (Å²) in [5, 5.41) is 21.8. The number of hydrogen-bond donors (Lipinski definition) is 3. The minimum atomic E-state index is 0.163. The normalized spacial score (nSPS) is 16.8. The molecule has 0 aromatic heterocycles. The summed E-state index contributed by atoms with van der Waals surface area (Å²) in [5.41, 5.74) is 1.05. The van der Waals surface area contributed by atoms with Crippen molar-refractivity contribution >= 4 is 0 Å². The van der Waals surface area contributed by atoms with Crippen molar-refractivity contribution in [1.29, 1.82) is 0 Å². The lowest BCUT2D eigenvalue weighted by molar-refractivity contribution is 0.202. The van der Waals surface area contributed by atoms with E-state index in [0.29, 0.717) is 0 Å². The van der Waals surface area contributed by atoms with Crippen LogP contribution >= 0.6 is 0 Å². The van der Waals surface area contributed by atoms with E-state index in [0.717, 1.165) is 5.56 Å². The van der Waals surface area contributed by atoms with Gasteiger partial charge in [-0.15, -0.1) is 0 Å². The molecular weight excluding hydrogens is 202 g/mol. The minimum Gasteiger partial charge on any atom is -0.508 e. The van der Waals surface area contributed by atoms with E-state index < -0.39 is 0 Å². The van der Waals surface area contributed by atoms with Gasteiger partial charge < -0.3 is 15.5 Å². The van der Waals surface area contributed by atoms with Crippen molar-refractivity contribution < 1.29 is 10.2 Å². The van der Waals surface area contributed by atoms with Crippen molar-refractivity contribution in [2.24, 2.45) is 5.92 Å². The fraction of sp³-hybridized carbons (Fsp3) is 0.538. The first kappa shape index (κ1) is 13.0. The molecule has 0 fully saturated rings. The molecule has 0 amide bonds. The maximum Gasteiger partial charge on any atom is 0.115 e. The Labute approximate surface area is 97.1 Å². The van der Waals surface area contributed by atoms with Gasteiger partial charge in [0.25, 0.3) is 0 Å². The second-order valence-corrected chi connectivity index (χ2v) is 4.43. The third-order valence-corrected chi connectivity index (χ3v) is 3.02. The maximum absolute atomic E-state index is 9.38. The molecule has 3 nitrogen and oxygen atoms in total. The van der Waals surface area contributed by atoms with Crippen molar-refractivity contribution in [2.45, 2.75) is 32.9 Å². The van der Waals surface area contributed by atoms with E-state index in [1.54, 1.807) is 12.1 Å². The fourth-order valence-electron chi connectivity index (χ4n) is 1.61. The molecule has 1 aromatic rings. The molecule has 0 spiro atoms. The number of phenols is 1. The number of aromatic hydroxyl groups is 1. The Hall–Kier alpha value is -1.06. The second-order valence-electron chi connectivity index (χ2n) is 4.43. The van der Waals surface area contributed by atoms with Gasteiger partial charge in [-0.25, -0.2) is 0 Å². The zero-order chi connectivity index (χ0) is 12.1. The van der Waals surface area contributed by atoms with Crippen molar-refractivity contribution in [3.05, 3.63) is 29.8 Å². The Morgan fingerprint density at radius 1 is 1.25 bits per heavy atom. The molecule has 1 rings (SSSR count). The van der Waals surface area contributed by atoms with Crippen LogP contribution < -0.4 is 5.32 Å². The van der Waals surface area contributed by atoms with Gasteiger partial charge in [0, 0.05) is 18.7 Å². The summed E-state index contributed by atoms with van der Waals surface area (Å²) in [4.78, 5) is 0. The number of phenolic OH excluding ortho intramolecular Hbond substituents is 1. The minimum absolute atomic E-state index is 0.163. The molecule has 3 heteroatoms. The molecule has 0 heterocycles. The van der Waals surface area contributed by atoms with Crippen LogP contribution in [0, 0.1) is 5.92 Å². The topological polar surface area (TPSA) is 52.5 Å². The van der Waals surface area contributed by atoms with E-state index in [9.17, 15) is 5.11 Å². The van der Waals surface area contributed by atoms with Crippen LogP contribution in [0.25, 0.3) is 0 Å². The zero-order valence-corrected chi connectivity index (χ0v) is 10.1. The van der Waals surface area contributed by atoms with Gasteiger partial charge >= 0.3 is 0 Å². The molecule has 0 saturated heterocycles. The Bertz CT molecular complexity index is 327. The van der Waals surface area contributed by atoms with E-state index in [4.69, 9.17) is 5.11 Å². The first-order valence-corrected chi connectivity index (χ1v) is 5.70. The number of nitrogens with one attached hydrogen (secondary N) is 1. The lowest BCUT2D eigenvalue weighted by Gasteiger charge is -2.24. The highest BCUT2D eigenvalue weighted by Crippen LogP contribution is 2.19. The van der Waals surface area contributed by atoms with Crippen LogP contribution in [-0.2, 0) is 0 Å². The van der Waals surface area contributed by atoms with Gasteiger partial charge in [-0.05, 0) is 37.5 Å². The highest BCUT2D eigenvalue weighted by Gasteiger charge is 2.14. The van der Waals surface area contributed by atoms with Crippen LogP contribution in [0.5, 0.6) is 5.75 Å². The smallest absolute Gasteiger partial charge is 0.115 e. The summed E-state index contributed by atoms with van der Waals surface area (Å²) < 4.78 is 0. The van der Waals surface area contributed by atoms with Crippen LogP contribution in [0.1, 0.15) is 32.4 Å². The van der Waals surface area contributed by atoms with Crippen molar-refractivity contribution in [2.75, 3.05) is 6.61 Å². The second kappa shape index (κ2) is 5.87. The maximum atomic E-state index is 9.38. The molecule has 3 unspecified atom stereocenters. The molecule has 3 atom stereocenters. The SMILES string of the molecule is CC(NC(C)C(C)CO)c1cccc(O)c1. The molecule has 16 heavy (non-hydrogen) atoms. The summed E-state index contributed by atoms with van der Waals surface area (Å²) >= 11 is 0. The lowest BCUT2D eigenvalue weighted by Crippen LogP contribution is -2.35. The van der Waals surface area contributed by atoms with Crippen LogP contribution in [0.15, 0.2) is 24.3 Å². The summed E-state index contributed by atoms with van der Waals surface area (Å²) in [6.45, 7) is 6.29. The molecule has 0 bridgehead atoms. The van der Waals surface area contributed by atoms with Crippen LogP contribution in [0.2, 0.25) is 0 Å². The predicted molar refractivity (Wildman–Crippen MR) is 65.4 cm³/mol. The van der Waals surface area contributed by atoms with Gasteiger partial charge in [-0.3, -0.25) is 0 Å². The quantitative estimate of drug-likeness (QED) is 0.716. The first-order valence-electron chi connectivity index (χ1n) is 5.70. The third-order valence-electron chi connectivity index (χ3n) is 3.02. The van der Waals surface area contributed by atoms with Crippen LogP contribution in [0.4, 0.5) is 0 Å². The summed E-state index contributed by atoms with van der Waals surface area (Å²) in [6, 6.07) is 7.64. The lowest BCUT2D eigenvalue weighted by atomic mass is 10.0. The average molecular weight is 223 g/mol. The van der Waals surface area contributed by atoms with Crippen LogP contribution in [-0.4, -0.2) is 22.9 Å². The number of rotatable bonds is 5. The largest absolute Gasteiger partial charge is 0.508 e. The van der Waals surface area contributed by atoms with Gasteiger partial charge in [0.15, 0.2) is 0 Å². The Morgan fingerprint density at radius 3 is 2.50 bits per heavy atom. The van der Waals surface area contributed by atoms with Gasteiger partial charge in [0.2, 0.25) is 0 Å². The first-order chi connectivity index (χ1) is 7.54. The zero-order valence-electron chi connectivity index (χ0n) is 10.1. The highest BCUT2D eigenvalue weighted by atomic mass is 16.3. The fourth-order valence-corrected chi connectivity index (χ4v) is 1.61. The summed E-state index contributed by atoms with van der Waals surface area (Å²) in [7, 11) is 0. The van der Waals surface area contributed by atoms with Gasteiger partial charge in [0.05, 0.1) is 0 Å². The molecule has 0 aliphatic rings. The van der Waals surface area contributed by atoms with Crippen molar-refractivity contribution in [3.63, 3.8) is 0 Å². The molecule has 3 N–H and O–H groups in total. The molecule has 0 aliphatic carbocycles. The van der Waals surface area contributed by atoms with Gasteiger partial charge in [-0.2, -0.15) is 0 Å². The van der Waals surface area contributed by atoms with E-state index in [1.807, 2.05) is 19.1 Å². The summed E-state index contributed by atoms with van der Waals surface area (Å²) in [6.07, 6.45) is 0. The van der Waals surface area contributed by atoms with Gasteiger partial charge in [-0.1, -0.05) is 19.1 Å². The molecule has 90 valence electrons. The van der Waals surface area contributed by atoms with Gasteiger partial charge in [0.1, 0.15) is 5.75 Å². The molecule has 0 saturated carbocycles. The Morgan fingerprint density at radius 2 is 1.94 bits per heavy atom. The summed E-state index contributed by atoms with van der Waals surface area (Å²) in [5.74, 6) is 0.508. The Kier molecular flexibility index (Phi) is 4.77. The number of aliphatic hydroxyl groups is 1. The van der Waals surface area contributed by atoms with Crippen molar-refractivity contribution in [3.8, 4) is 5.75 Å². The molecular formula is C13H21NO2. The predicted octanol–water partition coefficient (Wildman–Crippen LogP) is 2.06. The number of benzene rings is 1. The molecule has 1 aromatic carbocycles. The van der Waals surface area contributed by atoms with E-state index >= 15 is 0 Å². The number of aliphatic hydroxyl groups excluding tert-OH is 1. The standard InChI is InChI=1S/C13H21NO2/c1-9(8-15)10(2)14-11(3)12-5-4-6-13(16)7-12/h4-7,9-11,14-16H,8H2,1-3H3. The highest BCUT2D eigenvalue weighted by molar-refractivity contribution is 5.29. The van der Waals surface area contributed by atoms with E-state index in [2.05, 4.69) is 19.2 Å². The van der Waals surface area contributed by atoms with E-state index in [-0.39, 0.29) is 30.4 Å². The number of hydrogen-bond acceptors (Lipinski definition) is 3. The van der Waals surface area contributed by atoms with Crippen LogP contribution in [0.3, 0.4) is 0 Å². The Balaban J connectivity index is 2.61. The molecule has 0 radical (unpaired) electrons. The molecule has 0 aliphatic heterocycles. The third kappa shape index (κ3) is 3.51. The van der Waals surface area contributed by atoms with Crippen molar-refractivity contribution in [1.82, 2.24) is 5.32 Å².